The zero-order chi connectivity index (χ0) is 9.14. The molecule has 0 unspecified atom stereocenters. The molecule has 1 rings (SSSR count). The van der Waals surface area contributed by atoms with Gasteiger partial charge < -0.3 is 4.79 Å². The summed E-state index contributed by atoms with van der Waals surface area (Å²) in [6.07, 6.45) is 2.49. The van der Waals surface area contributed by atoms with Crippen molar-refractivity contribution in [2.45, 2.75) is 26.3 Å². The molecule has 0 saturated carbocycles. The molecule has 0 amide bonds. The lowest BCUT2D eigenvalue weighted by molar-refractivity contribution is -0.108. The van der Waals surface area contributed by atoms with Crippen molar-refractivity contribution in [2.75, 3.05) is 0 Å². The van der Waals surface area contributed by atoms with E-state index >= 15 is 0 Å². The molecule has 0 saturated heterocycles. The topological polar surface area (TPSA) is 34.9 Å². The van der Waals surface area contributed by atoms with Crippen molar-refractivity contribution in [3.63, 3.8) is 0 Å². The van der Waals surface area contributed by atoms with Crippen LogP contribution in [0.15, 0.2) is 6.20 Å². The second kappa shape index (κ2) is 3.72. The molecular formula is C8H11ClN2O. The van der Waals surface area contributed by atoms with E-state index in [0.717, 1.165) is 11.8 Å². The van der Waals surface area contributed by atoms with E-state index < -0.39 is 0 Å². The summed E-state index contributed by atoms with van der Waals surface area (Å²) in [5, 5.41) is 4.55. The Kier molecular flexibility index (Phi) is 2.87. The molecule has 1 aromatic rings. The molecule has 0 aliphatic carbocycles. The fourth-order valence-electron chi connectivity index (χ4n) is 0.970. The van der Waals surface area contributed by atoms with Gasteiger partial charge in [-0.25, -0.2) is 4.68 Å². The summed E-state index contributed by atoms with van der Waals surface area (Å²) < 4.78 is 1.49. The van der Waals surface area contributed by atoms with Crippen molar-refractivity contribution in [3.8, 4) is 0 Å². The monoisotopic (exact) mass is 186 g/mol. The van der Waals surface area contributed by atoms with Gasteiger partial charge in [-0.3, -0.25) is 0 Å². The van der Waals surface area contributed by atoms with Gasteiger partial charge in [0.05, 0.1) is 12.7 Å². The van der Waals surface area contributed by atoms with Gasteiger partial charge in [0.1, 0.15) is 11.4 Å². The smallest absolute Gasteiger partial charge is 0.141 e. The van der Waals surface area contributed by atoms with Crippen molar-refractivity contribution in [2.24, 2.45) is 0 Å². The maximum absolute atomic E-state index is 10.2. The lowest BCUT2D eigenvalue weighted by Gasteiger charge is -2.01. The number of nitrogens with zero attached hydrogens (tertiary/aromatic N) is 2. The first kappa shape index (κ1) is 9.26. The predicted molar refractivity (Wildman–Crippen MR) is 47.4 cm³/mol. The van der Waals surface area contributed by atoms with E-state index in [9.17, 15) is 4.79 Å². The Morgan fingerprint density at radius 3 is 2.83 bits per heavy atom. The fourth-order valence-corrected chi connectivity index (χ4v) is 1.35. The first-order chi connectivity index (χ1) is 5.66. The molecule has 4 heteroatoms. The highest BCUT2D eigenvalue weighted by atomic mass is 35.5. The number of hydrogen-bond donors (Lipinski definition) is 0. The van der Waals surface area contributed by atoms with Crippen LogP contribution in [0.4, 0.5) is 0 Å². The zero-order valence-corrected chi connectivity index (χ0v) is 7.88. The van der Waals surface area contributed by atoms with Crippen LogP contribution in [0.3, 0.4) is 0 Å². The Morgan fingerprint density at radius 1 is 1.75 bits per heavy atom. The number of rotatable bonds is 3. The summed E-state index contributed by atoms with van der Waals surface area (Å²) in [4.78, 5) is 10.2. The maximum Gasteiger partial charge on any atom is 0.141 e. The van der Waals surface area contributed by atoms with Gasteiger partial charge in [-0.15, -0.1) is 0 Å². The van der Waals surface area contributed by atoms with Crippen LogP contribution in [-0.2, 0) is 11.3 Å². The van der Waals surface area contributed by atoms with E-state index in [4.69, 9.17) is 11.6 Å². The molecule has 0 aromatic carbocycles. The van der Waals surface area contributed by atoms with Gasteiger partial charge in [0.25, 0.3) is 0 Å². The highest BCUT2D eigenvalue weighted by molar-refractivity contribution is 6.30. The molecule has 3 nitrogen and oxygen atoms in total. The van der Waals surface area contributed by atoms with Crippen LogP contribution in [-0.4, -0.2) is 16.1 Å². The zero-order valence-electron chi connectivity index (χ0n) is 7.12. The molecule has 1 heterocycles. The van der Waals surface area contributed by atoms with Crippen LogP contribution in [0.5, 0.6) is 0 Å². The highest BCUT2D eigenvalue weighted by Crippen LogP contribution is 2.22. The van der Waals surface area contributed by atoms with Crippen molar-refractivity contribution in [1.29, 1.82) is 0 Å². The quantitative estimate of drug-likeness (QED) is 0.676. The highest BCUT2D eigenvalue weighted by Gasteiger charge is 2.10. The molecule has 0 aliphatic heterocycles. The minimum absolute atomic E-state index is 0.228. The Labute approximate surface area is 76.3 Å². The van der Waals surface area contributed by atoms with Crippen molar-refractivity contribution >= 4 is 17.9 Å². The van der Waals surface area contributed by atoms with E-state index in [1.807, 2.05) is 13.8 Å². The molecule has 0 N–H and O–H groups in total. The third-order valence-corrected chi connectivity index (χ3v) is 2.08. The summed E-state index contributed by atoms with van der Waals surface area (Å²) in [5.74, 6) is 0.345. The van der Waals surface area contributed by atoms with E-state index in [2.05, 4.69) is 5.10 Å². The molecular weight excluding hydrogens is 176 g/mol. The van der Waals surface area contributed by atoms with Gasteiger partial charge >= 0.3 is 0 Å². The summed E-state index contributed by atoms with van der Waals surface area (Å²) in [6.45, 7) is 4.30. The first-order valence-electron chi connectivity index (χ1n) is 3.81. The molecule has 0 bridgehead atoms. The Bertz CT molecular complexity index is 281. The third kappa shape index (κ3) is 1.67. The summed E-state index contributed by atoms with van der Waals surface area (Å²) >= 11 is 5.94. The average molecular weight is 187 g/mol. The van der Waals surface area contributed by atoms with Crippen LogP contribution in [0, 0.1) is 0 Å². The van der Waals surface area contributed by atoms with Gasteiger partial charge in [0, 0.05) is 5.56 Å². The second-order valence-corrected chi connectivity index (χ2v) is 3.25. The number of hydrogen-bond acceptors (Lipinski definition) is 2. The van der Waals surface area contributed by atoms with E-state index in [1.54, 1.807) is 6.20 Å². The van der Waals surface area contributed by atoms with Crippen molar-refractivity contribution in [1.82, 2.24) is 9.78 Å². The summed E-state index contributed by atoms with van der Waals surface area (Å²) in [7, 11) is 0. The number of halogens is 1. The number of carbonyl (C=O) groups is 1. The van der Waals surface area contributed by atoms with Gasteiger partial charge in [0.2, 0.25) is 0 Å². The molecule has 66 valence electrons. The fraction of sp³-hybridized carbons (Fsp3) is 0.500. The average Bonchev–Trinajstić information content (AvgIpc) is 2.34. The Morgan fingerprint density at radius 2 is 2.42 bits per heavy atom. The predicted octanol–water partition coefficient (Wildman–Crippen LogP) is 1.86. The van der Waals surface area contributed by atoms with Crippen LogP contribution in [0.1, 0.15) is 25.3 Å². The lowest BCUT2D eigenvalue weighted by atomic mass is 10.1. The Balaban J connectivity index is 2.95. The molecule has 0 fully saturated rings. The standard InChI is InChI=1S/C8H11ClN2O/c1-6(2)7-5-10-11(3-4-12)8(7)9/h4-6H,3H2,1-2H3. The van der Waals surface area contributed by atoms with Crippen molar-refractivity contribution < 1.29 is 4.79 Å². The minimum atomic E-state index is 0.228. The molecule has 1 aromatic heterocycles. The molecule has 12 heavy (non-hydrogen) atoms. The number of carbonyl (C=O) groups excluding carboxylic acids is 1. The van der Waals surface area contributed by atoms with Crippen LogP contribution in [0.2, 0.25) is 5.15 Å². The second-order valence-electron chi connectivity index (χ2n) is 2.89. The van der Waals surface area contributed by atoms with Gasteiger partial charge in [-0.05, 0) is 5.92 Å². The summed E-state index contributed by atoms with van der Waals surface area (Å²) in [6, 6.07) is 0. The van der Waals surface area contributed by atoms with Gasteiger partial charge in [0.15, 0.2) is 0 Å². The van der Waals surface area contributed by atoms with Gasteiger partial charge in [-0.2, -0.15) is 5.10 Å². The lowest BCUT2D eigenvalue weighted by Crippen LogP contribution is -2.00. The first-order valence-corrected chi connectivity index (χ1v) is 4.19. The number of aldehydes is 1. The molecule has 0 radical (unpaired) electrons. The normalized spacial score (nSPS) is 10.7. The minimum Gasteiger partial charge on any atom is -0.301 e. The van der Waals surface area contributed by atoms with Crippen LogP contribution >= 0.6 is 11.6 Å². The molecule has 0 atom stereocenters. The van der Waals surface area contributed by atoms with Crippen LogP contribution < -0.4 is 0 Å². The Hall–Kier alpha value is -0.830. The maximum atomic E-state index is 10.2. The van der Waals surface area contributed by atoms with E-state index in [0.29, 0.717) is 11.1 Å². The van der Waals surface area contributed by atoms with Crippen LogP contribution in [0.25, 0.3) is 0 Å². The largest absolute Gasteiger partial charge is 0.301 e. The molecule has 0 spiro atoms. The van der Waals surface area contributed by atoms with E-state index in [1.165, 1.54) is 4.68 Å². The summed E-state index contributed by atoms with van der Waals surface area (Å²) in [5.41, 5.74) is 0.985. The van der Waals surface area contributed by atoms with Crippen molar-refractivity contribution in [3.05, 3.63) is 16.9 Å². The third-order valence-electron chi connectivity index (χ3n) is 1.67. The van der Waals surface area contributed by atoms with Gasteiger partial charge in [-0.1, -0.05) is 25.4 Å². The SMILES string of the molecule is CC(C)c1cnn(CC=O)c1Cl. The number of aromatic nitrogens is 2. The molecule has 0 aliphatic rings. The van der Waals surface area contributed by atoms with E-state index in [-0.39, 0.29) is 6.54 Å².